The largest absolute Gasteiger partial charge is 0.341 e. The Bertz CT molecular complexity index is 626. The van der Waals surface area contributed by atoms with Gasteiger partial charge in [-0.1, -0.05) is 12.0 Å². The molecule has 4 nitrogen and oxygen atoms in total. The summed E-state index contributed by atoms with van der Waals surface area (Å²) < 4.78 is 22.4. The van der Waals surface area contributed by atoms with Crippen LogP contribution in [0.1, 0.15) is 22.8 Å². The smallest absolute Gasteiger partial charge is 0.261 e. The normalized spacial score (nSPS) is 10.4. The zero-order valence-corrected chi connectivity index (χ0v) is 11.5. The maximum Gasteiger partial charge on any atom is 0.261 e. The standard InChI is InChI=1S/C12H12ClNO3S/c1-3-4-7-14-12(15)11-8-10(18(13,16)17)6-5-9(11)2/h5-6,8H,7H2,1-2H3,(H,14,15). The van der Waals surface area contributed by atoms with Crippen LogP contribution in [0.2, 0.25) is 0 Å². The molecule has 0 radical (unpaired) electrons. The van der Waals surface area contributed by atoms with Crippen LogP contribution < -0.4 is 5.32 Å². The molecule has 0 unspecified atom stereocenters. The van der Waals surface area contributed by atoms with E-state index in [1.54, 1.807) is 13.8 Å². The second kappa shape index (κ2) is 5.89. The van der Waals surface area contributed by atoms with Crippen LogP contribution in [0, 0.1) is 18.8 Å². The lowest BCUT2D eigenvalue weighted by atomic mass is 10.1. The lowest BCUT2D eigenvalue weighted by Gasteiger charge is -2.06. The highest BCUT2D eigenvalue weighted by molar-refractivity contribution is 8.13. The summed E-state index contributed by atoms with van der Waals surface area (Å²) in [6, 6.07) is 4.16. The molecular formula is C12H12ClNO3S. The lowest BCUT2D eigenvalue weighted by molar-refractivity contribution is 0.0958. The van der Waals surface area contributed by atoms with E-state index in [0.29, 0.717) is 5.56 Å². The van der Waals surface area contributed by atoms with Crippen molar-refractivity contribution in [2.24, 2.45) is 0 Å². The van der Waals surface area contributed by atoms with Gasteiger partial charge in [0.15, 0.2) is 0 Å². The van der Waals surface area contributed by atoms with Gasteiger partial charge in [0.25, 0.3) is 15.0 Å². The molecule has 0 aliphatic rings. The van der Waals surface area contributed by atoms with Gasteiger partial charge in [0.05, 0.1) is 11.4 Å². The first kappa shape index (κ1) is 14.6. The Hall–Kier alpha value is -1.51. The highest BCUT2D eigenvalue weighted by Gasteiger charge is 2.15. The second-order valence-electron chi connectivity index (χ2n) is 3.52. The van der Waals surface area contributed by atoms with Gasteiger partial charge in [0.2, 0.25) is 0 Å². The van der Waals surface area contributed by atoms with E-state index in [1.165, 1.54) is 18.2 Å². The fourth-order valence-electron chi connectivity index (χ4n) is 1.31. The van der Waals surface area contributed by atoms with E-state index in [9.17, 15) is 13.2 Å². The molecule has 0 saturated heterocycles. The molecule has 0 saturated carbocycles. The van der Waals surface area contributed by atoms with Gasteiger partial charge in [0.1, 0.15) is 0 Å². The Morgan fingerprint density at radius 3 is 2.67 bits per heavy atom. The molecule has 1 aromatic carbocycles. The molecule has 18 heavy (non-hydrogen) atoms. The summed E-state index contributed by atoms with van der Waals surface area (Å²) in [4.78, 5) is 11.7. The van der Waals surface area contributed by atoms with Gasteiger partial charge in [-0.15, -0.1) is 5.92 Å². The number of amides is 1. The summed E-state index contributed by atoms with van der Waals surface area (Å²) in [6.07, 6.45) is 0. The summed E-state index contributed by atoms with van der Waals surface area (Å²) >= 11 is 0. The van der Waals surface area contributed by atoms with E-state index in [4.69, 9.17) is 10.7 Å². The van der Waals surface area contributed by atoms with Gasteiger partial charge in [-0.2, -0.15) is 0 Å². The van der Waals surface area contributed by atoms with Crippen molar-refractivity contribution in [1.82, 2.24) is 5.32 Å². The highest BCUT2D eigenvalue weighted by atomic mass is 35.7. The zero-order chi connectivity index (χ0) is 13.8. The Morgan fingerprint density at radius 1 is 1.44 bits per heavy atom. The average molecular weight is 286 g/mol. The number of carbonyl (C=O) groups excluding carboxylic acids is 1. The molecule has 1 amide bonds. The Kier molecular flexibility index (Phi) is 4.76. The minimum Gasteiger partial charge on any atom is -0.341 e. The Morgan fingerprint density at radius 2 is 2.11 bits per heavy atom. The van der Waals surface area contributed by atoms with Crippen molar-refractivity contribution in [2.45, 2.75) is 18.7 Å². The van der Waals surface area contributed by atoms with Crippen LogP contribution in [0.3, 0.4) is 0 Å². The number of carbonyl (C=O) groups is 1. The summed E-state index contributed by atoms with van der Waals surface area (Å²) in [5, 5.41) is 2.57. The topological polar surface area (TPSA) is 63.2 Å². The van der Waals surface area contributed by atoms with Crippen LogP contribution in [0.15, 0.2) is 23.1 Å². The van der Waals surface area contributed by atoms with Crippen LogP contribution in [0.25, 0.3) is 0 Å². The van der Waals surface area contributed by atoms with Crippen LogP contribution in [0.4, 0.5) is 0 Å². The SMILES string of the molecule is CC#CCNC(=O)c1cc(S(=O)(=O)Cl)ccc1C. The Balaban J connectivity index is 3.07. The first-order valence-electron chi connectivity index (χ1n) is 5.09. The molecule has 6 heteroatoms. The molecular weight excluding hydrogens is 274 g/mol. The van der Waals surface area contributed by atoms with E-state index in [0.717, 1.165) is 0 Å². The lowest BCUT2D eigenvalue weighted by Crippen LogP contribution is -2.24. The third kappa shape index (κ3) is 3.76. The monoisotopic (exact) mass is 285 g/mol. The van der Waals surface area contributed by atoms with Crippen LogP contribution in [0.5, 0.6) is 0 Å². The number of hydrogen-bond acceptors (Lipinski definition) is 3. The van der Waals surface area contributed by atoms with Crippen molar-refractivity contribution in [3.63, 3.8) is 0 Å². The number of aryl methyl sites for hydroxylation is 1. The summed E-state index contributed by atoms with van der Waals surface area (Å²) in [5.74, 6) is 4.95. The summed E-state index contributed by atoms with van der Waals surface area (Å²) in [6.45, 7) is 3.59. The maximum atomic E-state index is 11.8. The summed E-state index contributed by atoms with van der Waals surface area (Å²) in [7, 11) is 1.40. The van der Waals surface area contributed by atoms with E-state index >= 15 is 0 Å². The average Bonchev–Trinajstić information content (AvgIpc) is 2.28. The molecule has 0 spiro atoms. The van der Waals surface area contributed by atoms with Crippen LogP contribution in [-0.2, 0) is 9.05 Å². The predicted octanol–water partition coefficient (Wildman–Crippen LogP) is 1.68. The quantitative estimate of drug-likeness (QED) is 0.679. The number of halogens is 1. The van der Waals surface area contributed by atoms with E-state index in [2.05, 4.69) is 17.2 Å². The summed E-state index contributed by atoms with van der Waals surface area (Å²) in [5.41, 5.74) is 0.940. The molecule has 1 rings (SSSR count). The van der Waals surface area contributed by atoms with Crippen molar-refractivity contribution >= 4 is 25.6 Å². The molecule has 0 atom stereocenters. The van der Waals surface area contributed by atoms with Crippen molar-refractivity contribution < 1.29 is 13.2 Å². The zero-order valence-electron chi connectivity index (χ0n) is 9.95. The molecule has 0 bridgehead atoms. The fraction of sp³-hybridized carbons (Fsp3) is 0.250. The molecule has 0 aromatic heterocycles. The first-order valence-corrected chi connectivity index (χ1v) is 7.40. The van der Waals surface area contributed by atoms with Crippen LogP contribution >= 0.6 is 10.7 Å². The molecule has 1 N–H and O–H groups in total. The predicted molar refractivity (Wildman–Crippen MR) is 70.0 cm³/mol. The van der Waals surface area contributed by atoms with Gasteiger partial charge in [-0.3, -0.25) is 4.79 Å². The highest BCUT2D eigenvalue weighted by Crippen LogP contribution is 2.18. The molecule has 0 aliphatic heterocycles. The third-order valence-corrected chi connectivity index (χ3v) is 3.60. The van der Waals surface area contributed by atoms with E-state index in [-0.39, 0.29) is 22.9 Å². The van der Waals surface area contributed by atoms with Crippen LogP contribution in [-0.4, -0.2) is 20.9 Å². The molecule has 96 valence electrons. The van der Waals surface area contributed by atoms with Crippen molar-refractivity contribution in [1.29, 1.82) is 0 Å². The number of benzene rings is 1. The molecule has 1 aromatic rings. The van der Waals surface area contributed by atoms with Gasteiger partial charge < -0.3 is 5.32 Å². The first-order chi connectivity index (χ1) is 8.36. The fourth-order valence-corrected chi connectivity index (χ4v) is 2.08. The second-order valence-corrected chi connectivity index (χ2v) is 6.09. The van der Waals surface area contributed by atoms with Gasteiger partial charge in [-0.05, 0) is 31.5 Å². The van der Waals surface area contributed by atoms with Crippen molar-refractivity contribution in [3.05, 3.63) is 29.3 Å². The minimum atomic E-state index is -3.84. The van der Waals surface area contributed by atoms with Gasteiger partial charge in [0, 0.05) is 16.2 Å². The van der Waals surface area contributed by atoms with Gasteiger partial charge in [-0.25, -0.2) is 8.42 Å². The van der Waals surface area contributed by atoms with E-state index < -0.39 is 9.05 Å². The molecule has 0 aliphatic carbocycles. The van der Waals surface area contributed by atoms with Gasteiger partial charge >= 0.3 is 0 Å². The minimum absolute atomic E-state index is 0.0958. The maximum absolute atomic E-state index is 11.8. The number of nitrogens with one attached hydrogen (secondary N) is 1. The molecule has 0 heterocycles. The third-order valence-electron chi connectivity index (χ3n) is 2.25. The number of rotatable bonds is 3. The van der Waals surface area contributed by atoms with Crippen molar-refractivity contribution in [2.75, 3.05) is 6.54 Å². The van der Waals surface area contributed by atoms with Crippen molar-refractivity contribution in [3.8, 4) is 11.8 Å². The van der Waals surface area contributed by atoms with E-state index in [1.807, 2.05) is 0 Å². The number of hydrogen-bond donors (Lipinski definition) is 1. The Labute approximate surface area is 111 Å². The molecule has 0 fully saturated rings.